The third-order valence-corrected chi connectivity index (χ3v) is 10.2. The molecule has 4 N–H and O–H groups in total. The molecular formula is C32H35F3N10O6S. The molecule has 276 valence electrons. The van der Waals surface area contributed by atoms with Gasteiger partial charge in [-0.1, -0.05) is 0 Å². The van der Waals surface area contributed by atoms with Gasteiger partial charge in [0.2, 0.25) is 6.35 Å². The van der Waals surface area contributed by atoms with E-state index in [1.165, 1.54) is 0 Å². The number of aromatic nitrogens is 4. The normalized spacial score (nSPS) is 16.2. The van der Waals surface area contributed by atoms with E-state index in [1.54, 1.807) is 14.2 Å². The Labute approximate surface area is 294 Å². The van der Waals surface area contributed by atoms with Crippen LogP contribution in [0.2, 0.25) is 0 Å². The van der Waals surface area contributed by atoms with Gasteiger partial charge in [-0.3, -0.25) is 19.5 Å². The molecule has 2 aromatic carbocycles. The van der Waals surface area contributed by atoms with Crippen molar-refractivity contribution in [2.24, 2.45) is 9.98 Å². The molecule has 1 amide bonds. The predicted molar refractivity (Wildman–Crippen MR) is 186 cm³/mol. The minimum Gasteiger partial charge on any atom is -0.355 e. The summed E-state index contributed by atoms with van der Waals surface area (Å²) < 4.78 is 65.5. The minimum atomic E-state index is -5.56. The van der Waals surface area contributed by atoms with E-state index in [0.717, 1.165) is 22.3 Å². The number of carbonyl (C=O) groups is 1. The molecule has 0 saturated carbocycles. The second-order valence-electron chi connectivity index (χ2n) is 12.6. The Morgan fingerprint density at radius 3 is 2.35 bits per heavy atom. The van der Waals surface area contributed by atoms with Crippen LogP contribution in [0.3, 0.4) is 0 Å². The SMILES string of the molecule is Cc1cc2c(cc1C)N(CCN(CCCNS(=O)(=O)C(F)(F)F)CCn1c3nc(=O)[nH]c(=O)c-3nc3cc(C)c(C)cc31)C1=NC(O)NC(=O)C1=N2. The minimum absolute atomic E-state index is 0.00480. The number of nitrogens with zero attached hydrogens (tertiary/aromatic N) is 7. The first-order chi connectivity index (χ1) is 24.4. The predicted octanol–water partition coefficient (Wildman–Crippen LogP) is 1.35. The van der Waals surface area contributed by atoms with Gasteiger partial charge >= 0.3 is 21.2 Å². The van der Waals surface area contributed by atoms with Gasteiger partial charge < -0.3 is 19.9 Å². The number of benzene rings is 2. The lowest BCUT2D eigenvalue weighted by atomic mass is 10.0. The molecule has 16 nitrogen and oxygen atoms in total. The maximum Gasteiger partial charge on any atom is 0.511 e. The van der Waals surface area contributed by atoms with E-state index >= 15 is 0 Å². The largest absolute Gasteiger partial charge is 0.511 e. The number of nitrogens with one attached hydrogen (secondary N) is 3. The van der Waals surface area contributed by atoms with Crippen molar-refractivity contribution < 1.29 is 31.5 Å². The van der Waals surface area contributed by atoms with Gasteiger partial charge in [0, 0.05) is 32.7 Å². The van der Waals surface area contributed by atoms with Crippen molar-refractivity contribution in [1.82, 2.24) is 34.5 Å². The van der Waals surface area contributed by atoms with E-state index in [4.69, 9.17) is 0 Å². The zero-order chi connectivity index (χ0) is 37.7. The number of rotatable bonds is 11. The molecule has 1 unspecified atom stereocenters. The summed E-state index contributed by atoms with van der Waals surface area (Å²) in [6.45, 7) is 7.85. The van der Waals surface area contributed by atoms with E-state index in [0.29, 0.717) is 22.4 Å². The van der Waals surface area contributed by atoms with Crippen LogP contribution in [0, 0.1) is 27.7 Å². The van der Waals surface area contributed by atoms with Crippen LogP contribution in [-0.2, 0) is 21.4 Å². The van der Waals surface area contributed by atoms with Gasteiger partial charge in [-0.2, -0.15) is 18.2 Å². The Morgan fingerprint density at radius 2 is 1.62 bits per heavy atom. The Kier molecular flexibility index (Phi) is 9.77. The Balaban J connectivity index is 1.34. The van der Waals surface area contributed by atoms with Crippen LogP contribution in [0.5, 0.6) is 0 Å². The molecule has 0 bridgehead atoms. The molecular weight excluding hydrogens is 709 g/mol. The summed E-state index contributed by atoms with van der Waals surface area (Å²) in [7, 11) is -5.56. The van der Waals surface area contributed by atoms with Gasteiger partial charge in [0.05, 0.1) is 22.4 Å². The number of amidine groups is 1. The molecule has 52 heavy (non-hydrogen) atoms. The number of amides is 1. The monoisotopic (exact) mass is 744 g/mol. The van der Waals surface area contributed by atoms with Gasteiger partial charge in [-0.15, -0.1) is 0 Å². The van der Waals surface area contributed by atoms with Crippen LogP contribution >= 0.6 is 0 Å². The molecule has 1 atom stereocenters. The number of sulfonamides is 1. The van der Waals surface area contributed by atoms with Crippen LogP contribution in [0.25, 0.3) is 22.6 Å². The average molecular weight is 745 g/mol. The van der Waals surface area contributed by atoms with E-state index in [9.17, 15) is 41.1 Å². The highest BCUT2D eigenvalue weighted by Gasteiger charge is 2.45. The summed E-state index contributed by atoms with van der Waals surface area (Å²) in [6.07, 6.45) is -1.55. The first-order valence-electron chi connectivity index (χ1n) is 16.2. The number of halogens is 3. The van der Waals surface area contributed by atoms with Crippen molar-refractivity contribution in [3.8, 4) is 11.5 Å². The summed E-state index contributed by atoms with van der Waals surface area (Å²) in [5.41, 5.74) is -1.26. The number of hydrogen-bond donors (Lipinski definition) is 4. The van der Waals surface area contributed by atoms with Crippen molar-refractivity contribution in [2.45, 2.75) is 52.5 Å². The average Bonchev–Trinajstić information content (AvgIpc) is 3.04. The molecule has 4 aliphatic heterocycles. The number of aryl methyl sites for hydroxylation is 4. The van der Waals surface area contributed by atoms with Crippen molar-refractivity contribution >= 4 is 49.9 Å². The van der Waals surface area contributed by atoms with Crippen LogP contribution in [0.1, 0.15) is 28.7 Å². The number of carbonyl (C=O) groups excluding carboxylic acids is 1. The molecule has 0 aliphatic carbocycles. The molecule has 0 fully saturated rings. The van der Waals surface area contributed by atoms with Crippen molar-refractivity contribution in [3.63, 3.8) is 0 Å². The molecule has 0 saturated heterocycles. The number of fused-ring (bicyclic) bond motifs is 4. The standard InChI is InChI=1S/C32H35F3N10O6S/c1-16-12-20-22(14-18(16)3)44(26-24(37-20)28(46)41-30(48)39-26)10-8-43(7-5-6-36-52(50,51)32(33,34)35)9-11-45-23-15-19(4)17(2)13-21(23)38-25-27(45)40-31(49)42-29(25)47/h12-15,30,36,48H,5-11H2,1-4H3,(H,41,46)(H,42,47,49). The molecule has 0 spiro atoms. The lowest BCUT2D eigenvalue weighted by Crippen LogP contribution is -2.55. The summed E-state index contributed by atoms with van der Waals surface area (Å²) in [4.78, 5) is 61.0. The van der Waals surface area contributed by atoms with Crippen molar-refractivity contribution in [1.29, 1.82) is 0 Å². The van der Waals surface area contributed by atoms with E-state index in [-0.39, 0.29) is 62.2 Å². The summed E-state index contributed by atoms with van der Waals surface area (Å²) in [6, 6.07) is 7.36. The smallest absolute Gasteiger partial charge is 0.355 e. The second kappa shape index (κ2) is 13.8. The highest BCUT2D eigenvalue weighted by atomic mass is 32.2. The molecule has 2 aromatic rings. The second-order valence-corrected chi connectivity index (χ2v) is 14.4. The Morgan fingerprint density at radius 1 is 0.942 bits per heavy atom. The van der Waals surface area contributed by atoms with Crippen LogP contribution in [0.15, 0.2) is 43.8 Å². The lowest BCUT2D eigenvalue weighted by Gasteiger charge is -2.36. The fraction of sp³-hybridized carbons (Fsp3) is 0.406. The number of hydrogen-bond acceptors (Lipinski definition) is 12. The van der Waals surface area contributed by atoms with Gasteiger partial charge in [0.15, 0.2) is 23.1 Å². The quantitative estimate of drug-likeness (QED) is 0.128. The van der Waals surface area contributed by atoms with E-state index < -0.39 is 45.6 Å². The molecule has 0 radical (unpaired) electrons. The molecule has 4 heterocycles. The maximum atomic E-state index is 13.0. The Hall–Kier alpha value is -5.05. The third-order valence-electron chi connectivity index (χ3n) is 9.05. The lowest BCUT2D eigenvalue weighted by molar-refractivity contribution is -0.117. The maximum absolute atomic E-state index is 13.0. The van der Waals surface area contributed by atoms with Gasteiger partial charge in [0.25, 0.3) is 11.5 Å². The topological polar surface area (TPSA) is 207 Å². The first-order valence-corrected chi connectivity index (χ1v) is 17.7. The molecule has 20 heteroatoms. The van der Waals surface area contributed by atoms with Gasteiger partial charge in [0.1, 0.15) is 0 Å². The number of aromatic amines is 1. The van der Waals surface area contributed by atoms with Crippen LogP contribution < -0.4 is 26.2 Å². The number of aliphatic imine (C=N–C) groups is 2. The number of alkyl halides is 3. The fourth-order valence-corrected chi connectivity index (χ4v) is 6.61. The molecule has 0 aromatic heterocycles. The number of aliphatic hydroxyl groups excluding tert-OH is 1. The summed E-state index contributed by atoms with van der Waals surface area (Å²) in [5.74, 6) is -0.461. The highest BCUT2D eigenvalue weighted by Crippen LogP contribution is 2.36. The Bertz CT molecular complexity index is 2360. The van der Waals surface area contributed by atoms with E-state index in [1.807, 2.05) is 56.9 Å². The van der Waals surface area contributed by atoms with Crippen LogP contribution in [0.4, 0.5) is 24.5 Å². The molecule has 4 aliphatic rings. The van der Waals surface area contributed by atoms with E-state index in [2.05, 4.69) is 30.3 Å². The third kappa shape index (κ3) is 7.18. The van der Waals surface area contributed by atoms with Gasteiger partial charge in [-0.05, 0) is 87.2 Å². The molecule has 6 rings (SSSR count). The van der Waals surface area contributed by atoms with Crippen molar-refractivity contribution in [2.75, 3.05) is 37.6 Å². The van der Waals surface area contributed by atoms with Crippen LogP contribution in [-0.4, -0.2) is 100.0 Å². The zero-order valence-corrected chi connectivity index (χ0v) is 29.3. The summed E-state index contributed by atoms with van der Waals surface area (Å²) in [5, 5.41) is 12.6. The number of aliphatic hydroxyl groups is 1. The zero-order valence-electron chi connectivity index (χ0n) is 28.5. The first kappa shape index (κ1) is 36.7. The fourth-order valence-electron chi connectivity index (χ4n) is 6.03. The van der Waals surface area contributed by atoms with Crippen molar-refractivity contribution in [3.05, 3.63) is 67.4 Å². The highest BCUT2D eigenvalue weighted by molar-refractivity contribution is 7.90. The number of anilines is 1. The van der Waals surface area contributed by atoms with Gasteiger partial charge in [-0.25, -0.2) is 32.9 Å². The summed E-state index contributed by atoms with van der Waals surface area (Å²) >= 11 is 0. The number of H-pyrrole nitrogens is 1.